The lowest BCUT2D eigenvalue weighted by atomic mass is 9.99. The zero-order valence-corrected chi connectivity index (χ0v) is 13.6. The first kappa shape index (κ1) is 15.4. The number of carbonyl (C=O) groups excluding carboxylic acids is 1. The number of nitrogens with zero attached hydrogens (tertiary/aromatic N) is 1. The highest BCUT2D eigenvalue weighted by Gasteiger charge is 2.19. The molecule has 0 saturated heterocycles. The minimum atomic E-state index is 0.00333. The van der Waals surface area contributed by atoms with Gasteiger partial charge in [-0.15, -0.1) is 0 Å². The van der Waals surface area contributed by atoms with Crippen LogP contribution in [0.15, 0.2) is 42.5 Å². The molecule has 1 amide bonds. The van der Waals surface area contributed by atoms with E-state index in [0.717, 1.165) is 30.8 Å². The normalized spacial score (nSPS) is 13.4. The fourth-order valence-corrected chi connectivity index (χ4v) is 3.02. The first-order chi connectivity index (χ1) is 11.2. The van der Waals surface area contributed by atoms with Crippen LogP contribution in [0.1, 0.15) is 17.5 Å². The molecule has 0 saturated carbocycles. The number of benzene rings is 2. The van der Waals surface area contributed by atoms with Crippen molar-refractivity contribution in [3.05, 3.63) is 53.6 Å². The Kier molecular flexibility index (Phi) is 4.51. The van der Waals surface area contributed by atoms with Crippen LogP contribution in [0, 0.1) is 6.92 Å². The maximum absolute atomic E-state index is 12.3. The number of ether oxygens (including phenoxy) is 1. The van der Waals surface area contributed by atoms with Crippen LogP contribution in [0.2, 0.25) is 0 Å². The quantitative estimate of drug-likeness (QED) is 0.941. The second-order valence-corrected chi connectivity index (χ2v) is 5.93. The monoisotopic (exact) mass is 310 g/mol. The number of aryl methyl sites for hydroxylation is 2. The summed E-state index contributed by atoms with van der Waals surface area (Å²) >= 11 is 0. The molecule has 3 rings (SSSR count). The number of amides is 1. The number of anilines is 2. The number of methoxy groups -OCH3 is 1. The summed E-state index contributed by atoms with van der Waals surface area (Å²) in [4.78, 5) is 14.5. The highest BCUT2D eigenvalue weighted by molar-refractivity contribution is 5.94. The van der Waals surface area contributed by atoms with E-state index in [1.54, 1.807) is 7.11 Å². The fraction of sp³-hybridized carbons (Fsp3) is 0.316. The van der Waals surface area contributed by atoms with E-state index in [4.69, 9.17) is 4.74 Å². The fourth-order valence-electron chi connectivity index (χ4n) is 3.02. The van der Waals surface area contributed by atoms with Crippen molar-refractivity contribution in [1.29, 1.82) is 0 Å². The molecule has 120 valence electrons. The molecule has 2 aromatic carbocycles. The molecule has 0 aromatic heterocycles. The molecule has 0 bridgehead atoms. The average molecular weight is 310 g/mol. The van der Waals surface area contributed by atoms with Gasteiger partial charge in [-0.2, -0.15) is 0 Å². The zero-order valence-electron chi connectivity index (χ0n) is 13.6. The summed E-state index contributed by atoms with van der Waals surface area (Å²) in [5, 5.41) is 2.95. The van der Waals surface area contributed by atoms with Crippen molar-refractivity contribution in [2.75, 3.05) is 30.4 Å². The third-order valence-corrected chi connectivity index (χ3v) is 4.16. The van der Waals surface area contributed by atoms with E-state index < -0.39 is 0 Å². The van der Waals surface area contributed by atoms with Gasteiger partial charge >= 0.3 is 0 Å². The molecule has 2 aromatic rings. The maximum Gasteiger partial charge on any atom is 0.243 e. The molecule has 1 heterocycles. The Hall–Kier alpha value is -2.49. The van der Waals surface area contributed by atoms with Crippen LogP contribution in [0.5, 0.6) is 5.75 Å². The third-order valence-electron chi connectivity index (χ3n) is 4.16. The first-order valence-corrected chi connectivity index (χ1v) is 7.94. The Labute approximate surface area is 137 Å². The van der Waals surface area contributed by atoms with Crippen LogP contribution in [-0.2, 0) is 11.2 Å². The zero-order chi connectivity index (χ0) is 16.2. The molecule has 0 spiro atoms. The van der Waals surface area contributed by atoms with Crippen LogP contribution in [0.3, 0.4) is 0 Å². The van der Waals surface area contributed by atoms with Crippen LogP contribution < -0.4 is 15.0 Å². The number of rotatable bonds is 4. The summed E-state index contributed by atoms with van der Waals surface area (Å²) in [6.07, 6.45) is 2.18. The molecular weight excluding hydrogens is 288 g/mol. The lowest BCUT2D eigenvalue weighted by Gasteiger charge is -2.31. The van der Waals surface area contributed by atoms with Gasteiger partial charge in [0.05, 0.1) is 13.7 Å². The van der Waals surface area contributed by atoms with E-state index in [1.807, 2.05) is 24.3 Å². The molecule has 0 unspecified atom stereocenters. The van der Waals surface area contributed by atoms with Gasteiger partial charge < -0.3 is 15.0 Å². The number of fused-ring (bicyclic) bond motifs is 1. The van der Waals surface area contributed by atoms with Crippen molar-refractivity contribution < 1.29 is 9.53 Å². The summed E-state index contributed by atoms with van der Waals surface area (Å²) < 4.78 is 5.12. The Bertz CT molecular complexity index is 695. The molecule has 1 N–H and O–H groups in total. The van der Waals surface area contributed by atoms with E-state index >= 15 is 0 Å². The van der Waals surface area contributed by atoms with Gasteiger partial charge in [0.2, 0.25) is 5.91 Å². The van der Waals surface area contributed by atoms with Crippen molar-refractivity contribution in [2.24, 2.45) is 0 Å². The van der Waals surface area contributed by atoms with Gasteiger partial charge in [0.1, 0.15) is 5.75 Å². The largest absolute Gasteiger partial charge is 0.497 e. The summed E-state index contributed by atoms with van der Waals surface area (Å²) in [5.41, 5.74) is 4.59. The maximum atomic E-state index is 12.3. The van der Waals surface area contributed by atoms with Gasteiger partial charge in [-0.1, -0.05) is 17.7 Å². The van der Waals surface area contributed by atoms with Crippen molar-refractivity contribution in [2.45, 2.75) is 19.8 Å². The van der Waals surface area contributed by atoms with Gasteiger partial charge in [-0.25, -0.2) is 0 Å². The molecule has 4 nitrogen and oxygen atoms in total. The van der Waals surface area contributed by atoms with Crippen LogP contribution in [0.25, 0.3) is 0 Å². The second kappa shape index (κ2) is 6.73. The third kappa shape index (κ3) is 3.65. The van der Waals surface area contributed by atoms with Gasteiger partial charge in [0, 0.05) is 17.9 Å². The minimum absolute atomic E-state index is 0.00333. The van der Waals surface area contributed by atoms with Crippen LogP contribution in [0.4, 0.5) is 11.4 Å². The van der Waals surface area contributed by atoms with Crippen molar-refractivity contribution >= 4 is 17.3 Å². The van der Waals surface area contributed by atoms with E-state index in [0.29, 0.717) is 6.54 Å². The smallest absolute Gasteiger partial charge is 0.243 e. The second-order valence-electron chi connectivity index (χ2n) is 5.93. The SMILES string of the molecule is COc1ccc(NC(=O)CN2CCCc3cc(C)ccc32)cc1. The Morgan fingerprint density at radius 2 is 2.00 bits per heavy atom. The van der Waals surface area contributed by atoms with E-state index in [1.165, 1.54) is 16.8 Å². The van der Waals surface area contributed by atoms with Gasteiger partial charge in [0.15, 0.2) is 0 Å². The number of hydrogen-bond donors (Lipinski definition) is 1. The van der Waals surface area contributed by atoms with E-state index in [9.17, 15) is 4.79 Å². The molecule has 23 heavy (non-hydrogen) atoms. The predicted molar refractivity (Wildman–Crippen MR) is 93.3 cm³/mol. The Balaban J connectivity index is 1.66. The molecule has 0 radical (unpaired) electrons. The molecule has 0 fully saturated rings. The van der Waals surface area contributed by atoms with Gasteiger partial charge in [-0.05, 0) is 55.7 Å². The predicted octanol–water partition coefficient (Wildman–Crippen LogP) is 3.39. The molecule has 0 atom stereocenters. The molecular formula is C19H22N2O2. The Morgan fingerprint density at radius 3 is 2.74 bits per heavy atom. The van der Waals surface area contributed by atoms with Gasteiger partial charge in [0.25, 0.3) is 0 Å². The summed E-state index contributed by atoms with van der Waals surface area (Å²) in [6.45, 7) is 3.41. The van der Waals surface area contributed by atoms with Crippen molar-refractivity contribution in [3.63, 3.8) is 0 Å². The highest BCUT2D eigenvalue weighted by atomic mass is 16.5. The van der Waals surface area contributed by atoms with Crippen LogP contribution >= 0.6 is 0 Å². The summed E-state index contributed by atoms with van der Waals surface area (Å²) in [7, 11) is 1.63. The average Bonchev–Trinajstić information content (AvgIpc) is 2.55. The molecule has 0 aliphatic carbocycles. The van der Waals surface area contributed by atoms with Crippen LogP contribution in [-0.4, -0.2) is 26.1 Å². The lowest BCUT2D eigenvalue weighted by molar-refractivity contribution is -0.115. The lowest BCUT2D eigenvalue weighted by Crippen LogP contribution is -2.36. The summed E-state index contributed by atoms with van der Waals surface area (Å²) in [5.74, 6) is 0.784. The first-order valence-electron chi connectivity index (χ1n) is 7.94. The standard InChI is InChI=1S/C19H22N2O2/c1-14-5-10-18-15(12-14)4-3-11-21(18)13-19(22)20-16-6-8-17(23-2)9-7-16/h5-10,12H,3-4,11,13H2,1-2H3,(H,20,22). The molecule has 4 heteroatoms. The highest BCUT2D eigenvalue weighted by Crippen LogP contribution is 2.27. The summed E-state index contributed by atoms with van der Waals surface area (Å²) in [6, 6.07) is 13.9. The topological polar surface area (TPSA) is 41.6 Å². The number of carbonyl (C=O) groups is 1. The molecule has 1 aliphatic heterocycles. The van der Waals surface area contributed by atoms with E-state index in [-0.39, 0.29) is 5.91 Å². The van der Waals surface area contributed by atoms with E-state index in [2.05, 4.69) is 35.3 Å². The van der Waals surface area contributed by atoms with Crippen molar-refractivity contribution in [3.8, 4) is 5.75 Å². The Morgan fingerprint density at radius 1 is 1.22 bits per heavy atom. The van der Waals surface area contributed by atoms with Gasteiger partial charge in [-0.3, -0.25) is 4.79 Å². The number of nitrogens with one attached hydrogen (secondary N) is 1. The number of hydrogen-bond acceptors (Lipinski definition) is 3. The molecule has 1 aliphatic rings. The minimum Gasteiger partial charge on any atom is -0.497 e. The van der Waals surface area contributed by atoms with Crippen molar-refractivity contribution in [1.82, 2.24) is 0 Å².